The fourth-order valence-corrected chi connectivity index (χ4v) is 4.24. The lowest BCUT2D eigenvalue weighted by Gasteiger charge is -2.38. The number of anilines is 1. The van der Waals surface area contributed by atoms with Crippen LogP contribution in [0.3, 0.4) is 0 Å². The van der Waals surface area contributed by atoms with Gasteiger partial charge in [0.2, 0.25) is 0 Å². The van der Waals surface area contributed by atoms with Crippen LogP contribution in [0, 0.1) is 0 Å². The molecule has 0 bridgehead atoms. The number of para-hydroxylation sites is 1. The Morgan fingerprint density at radius 1 is 1.12 bits per heavy atom. The van der Waals surface area contributed by atoms with E-state index >= 15 is 0 Å². The van der Waals surface area contributed by atoms with E-state index in [1.807, 2.05) is 0 Å². The molecule has 1 unspecified atom stereocenters. The number of rotatable bonds is 5. The van der Waals surface area contributed by atoms with E-state index in [-0.39, 0.29) is 12.4 Å². The van der Waals surface area contributed by atoms with Gasteiger partial charge in [0, 0.05) is 37.9 Å². The smallest absolute Gasteiger partial charge is 0.0411 e. The molecule has 3 rings (SSSR count). The number of nitrogens with zero attached hydrogens (tertiary/aromatic N) is 3. The quantitative estimate of drug-likeness (QED) is 0.864. The molecule has 0 amide bonds. The highest BCUT2D eigenvalue weighted by molar-refractivity contribution is 5.85. The van der Waals surface area contributed by atoms with Crippen molar-refractivity contribution in [3.05, 3.63) is 29.8 Å². The molecule has 0 saturated carbocycles. The summed E-state index contributed by atoms with van der Waals surface area (Å²) in [5.41, 5.74) is 2.91. The number of likely N-dealkylation sites (N-methyl/N-ethyl adjacent to an activating group) is 1. The predicted octanol–water partition coefficient (Wildman–Crippen LogP) is 2.82. The highest BCUT2D eigenvalue weighted by Crippen LogP contribution is 2.27. The van der Waals surface area contributed by atoms with Crippen molar-refractivity contribution < 1.29 is 0 Å². The van der Waals surface area contributed by atoms with Gasteiger partial charge in [-0.2, -0.15) is 0 Å². The largest absolute Gasteiger partial charge is 0.371 e. The molecule has 2 aliphatic heterocycles. The van der Waals surface area contributed by atoms with E-state index in [4.69, 9.17) is 0 Å². The molecular weight excluding hydrogens is 332 g/mol. The standard InChI is InChI=1S/C20H34N4.ClH/c1-21-18-8-6-12-24(16-18)15-17-7-4-5-9-20(17)23(3)19-10-13-22(2)14-11-19;/h4-5,7,9,18-19,21H,6,8,10-16H2,1-3H3;1H. The van der Waals surface area contributed by atoms with Crippen LogP contribution in [-0.4, -0.2) is 69.2 Å². The average Bonchev–Trinajstić information content (AvgIpc) is 2.62. The van der Waals surface area contributed by atoms with Crippen molar-refractivity contribution >= 4 is 18.1 Å². The molecular formula is C20H35ClN4. The lowest BCUT2D eigenvalue weighted by atomic mass is 10.0. The number of likely N-dealkylation sites (tertiary alicyclic amines) is 2. The van der Waals surface area contributed by atoms with Crippen molar-refractivity contribution in [2.75, 3.05) is 52.2 Å². The highest BCUT2D eigenvalue weighted by Gasteiger charge is 2.24. The molecule has 1 N–H and O–H groups in total. The summed E-state index contributed by atoms with van der Waals surface area (Å²) < 4.78 is 0. The summed E-state index contributed by atoms with van der Waals surface area (Å²) >= 11 is 0. The Hall–Kier alpha value is -0.810. The van der Waals surface area contributed by atoms with Crippen molar-refractivity contribution in [3.8, 4) is 0 Å². The Labute approximate surface area is 160 Å². The third kappa shape index (κ3) is 5.33. The highest BCUT2D eigenvalue weighted by atomic mass is 35.5. The summed E-state index contributed by atoms with van der Waals surface area (Å²) in [5, 5.41) is 3.46. The summed E-state index contributed by atoms with van der Waals surface area (Å²) in [6.45, 7) is 5.90. The Morgan fingerprint density at radius 3 is 2.56 bits per heavy atom. The van der Waals surface area contributed by atoms with Gasteiger partial charge in [0.05, 0.1) is 0 Å². The molecule has 25 heavy (non-hydrogen) atoms. The Bertz CT molecular complexity index is 516. The summed E-state index contributed by atoms with van der Waals surface area (Å²) in [5.74, 6) is 0. The van der Waals surface area contributed by atoms with Crippen molar-refractivity contribution in [2.24, 2.45) is 0 Å². The maximum absolute atomic E-state index is 3.46. The first kappa shape index (κ1) is 20.5. The summed E-state index contributed by atoms with van der Waals surface area (Å²) in [4.78, 5) is 7.61. The molecule has 0 aliphatic carbocycles. The number of piperidine rings is 2. The second-order valence-corrected chi connectivity index (χ2v) is 7.64. The van der Waals surface area contributed by atoms with Crippen LogP contribution >= 0.6 is 12.4 Å². The molecule has 2 heterocycles. The predicted molar refractivity (Wildman–Crippen MR) is 110 cm³/mol. The van der Waals surface area contributed by atoms with E-state index in [1.165, 1.54) is 63.1 Å². The van der Waals surface area contributed by atoms with Crippen molar-refractivity contribution in [1.82, 2.24) is 15.1 Å². The summed E-state index contributed by atoms with van der Waals surface area (Å²) in [6.07, 6.45) is 5.16. The van der Waals surface area contributed by atoms with Gasteiger partial charge in [-0.1, -0.05) is 18.2 Å². The van der Waals surface area contributed by atoms with E-state index in [2.05, 4.69) is 65.4 Å². The fourth-order valence-electron chi connectivity index (χ4n) is 4.24. The zero-order valence-corrected chi connectivity index (χ0v) is 16.9. The molecule has 0 radical (unpaired) electrons. The van der Waals surface area contributed by atoms with E-state index in [0.717, 1.165) is 6.54 Å². The molecule has 2 saturated heterocycles. The minimum absolute atomic E-state index is 0. The van der Waals surface area contributed by atoms with Crippen LogP contribution in [0.5, 0.6) is 0 Å². The van der Waals surface area contributed by atoms with Crippen LogP contribution in [0.15, 0.2) is 24.3 Å². The number of nitrogens with one attached hydrogen (secondary N) is 1. The fraction of sp³-hybridized carbons (Fsp3) is 0.700. The molecule has 1 aromatic rings. The van der Waals surface area contributed by atoms with Gasteiger partial charge in [0.1, 0.15) is 0 Å². The van der Waals surface area contributed by atoms with E-state index in [1.54, 1.807) is 0 Å². The van der Waals surface area contributed by atoms with E-state index in [9.17, 15) is 0 Å². The summed E-state index contributed by atoms with van der Waals surface area (Å²) in [7, 11) is 6.62. The average molecular weight is 367 g/mol. The molecule has 2 fully saturated rings. The van der Waals surface area contributed by atoms with Gasteiger partial charge in [-0.05, 0) is 71.0 Å². The topological polar surface area (TPSA) is 21.8 Å². The molecule has 1 aromatic carbocycles. The van der Waals surface area contributed by atoms with Crippen molar-refractivity contribution in [2.45, 2.75) is 44.3 Å². The van der Waals surface area contributed by atoms with Crippen LogP contribution in [0.25, 0.3) is 0 Å². The van der Waals surface area contributed by atoms with Crippen LogP contribution in [0.4, 0.5) is 5.69 Å². The molecule has 2 aliphatic rings. The molecule has 5 heteroatoms. The van der Waals surface area contributed by atoms with Gasteiger partial charge in [-0.25, -0.2) is 0 Å². The second-order valence-electron chi connectivity index (χ2n) is 7.64. The van der Waals surface area contributed by atoms with Crippen LogP contribution in [0.2, 0.25) is 0 Å². The maximum atomic E-state index is 3.46. The van der Waals surface area contributed by atoms with E-state index in [0.29, 0.717) is 12.1 Å². The van der Waals surface area contributed by atoms with Gasteiger partial charge in [0.25, 0.3) is 0 Å². The normalized spacial score (nSPS) is 23.2. The SMILES string of the molecule is CNC1CCCN(Cc2ccccc2N(C)C2CCN(C)CC2)C1.Cl. The minimum Gasteiger partial charge on any atom is -0.371 e. The Kier molecular flexibility index (Phi) is 8.01. The zero-order chi connectivity index (χ0) is 16.9. The first-order valence-corrected chi connectivity index (χ1v) is 9.56. The number of benzene rings is 1. The maximum Gasteiger partial charge on any atom is 0.0411 e. The minimum atomic E-state index is 0. The number of halogens is 1. The van der Waals surface area contributed by atoms with Gasteiger partial charge >= 0.3 is 0 Å². The third-order valence-corrected chi connectivity index (χ3v) is 5.92. The number of hydrogen-bond donors (Lipinski definition) is 1. The van der Waals surface area contributed by atoms with Gasteiger partial charge in [-0.3, -0.25) is 4.90 Å². The molecule has 4 nitrogen and oxygen atoms in total. The molecule has 142 valence electrons. The van der Waals surface area contributed by atoms with Gasteiger partial charge in [-0.15, -0.1) is 12.4 Å². The number of hydrogen-bond acceptors (Lipinski definition) is 4. The lowest BCUT2D eigenvalue weighted by molar-refractivity contribution is 0.188. The van der Waals surface area contributed by atoms with Gasteiger partial charge < -0.3 is 15.1 Å². The monoisotopic (exact) mass is 366 g/mol. The molecule has 0 aromatic heterocycles. The Balaban J connectivity index is 0.00000225. The first-order valence-electron chi connectivity index (χ1n) is 9.56. The Morgan fingerprint density at radius 2 is 1.84 bits per heavy atom. The van der Waals surface area contributed by atoms with E-state index < -0.39 is 0 Å². The van der Waals surface area contributed by atoms with Crippen LogP contribution < -0.4 is 10.2 Å². The lowest BCUT2D eigenvalue weighted by Crippen LogP contribution is -2.44. The zero-order valence-electron chi connectivity index (χ0n) is 16.1. The van der Waals surface area contributed by atoms with Crippen LogP contribution in [0.1, 0.15) is 31.2 Å². The second kappa shape index (κ2) is 9.77. The molecule has 1 atom stereocenters. The van der Waals surface area contributed by atoms with Crippen LogP contribution in [-0.2, 0) is 6.54 Å². The third-order valence-electron chi connectivity index (χ3n) is 5.92. The summed E-state index contributed by atoms with van der Waals surface area (Å²) in [6, 6.07) is 10.3. The molecule has 0 spiro atoms. The first-order chi connectivity index (χ1) is 11.7. The van der Waals surface area contributed by atoms with Crippen molar-refractivity contribution in [1.29, 1.82) is 0 Å². The van der Waals surface area contributed by atoms with Crippen molar-refractivity contribution in [3.63, 3.8) is 0 Å². The van der Waals surface area contributed by atoms with Gasteiger partial charge in [0.15, 0.2) is 0 Å².